The van der Waals surface area contributed by atoms with Gasteiger partial charge in [0.05, 0.1) is 12.9 Å². The quantitative estimate of drug-likeness (QED) is 0.633. The van der Waals surface area contributed by atoms with E-state index in [2.05, 4.69) is 26.1 Å². The van der Waals surface area contributed by atoms with Crippen LogP contribution < -0.4 is 20.7 Å². The second-order valence-corrected chi connectivity index (χ2v) is 7.40. The average molecular weight is 381 g/mol. The van der Waals surface area contributed by atoms with E-state index < -0.39 is 6.03 Å². The lowest BCUT2D eigenvalue weighted by molar-refractivity contribution is -0.117. The summed E-state index contributed by atoms with van der Waals surface area (Å²) in [5, 5.41) is 16.6. The van der Waals surface area contributed by atoms with E-state index in [1.54, 1.807) is 7.11 Å². The van der Waals surface area contributed by atoms with E-state index in [1.165, 1.54) is 23.1 Å². The van der Waals surface area contributed by atoms with E-state index in [-0.39, 0.29) is 17.7 Å². The first-order valence-corrected chi connectivity index (χ1v) is 9.24. The summed E-state index contributed by atoms with van der Waals surface area (Å²) < 4.78 is 5.79. The van der Waals surface area contributed by atoms with Crippen LogP contribution in [0.1, 0.15) is 13.8 Å². The Kier molecular flexibility index (Phi) is 7.02. The molecule has 0 aliphatic rings. The minimum Gasteiger partial charge on any atom is -0.497 e. The van der Waals surface area contributed by atoms with Gasteiger partial charge in [0.25, 0.3) is 0 Å². The molecule has 0 spiro atoms. The van der Waals surface area contributed by atoms with E-state index in [0.29, 0.717) is 9.47 Å². The van der Waals surface area contributed by atoms with E-state index in [0.717, 1.165) is 11.4 Å². The van der Waals surface area contributed by atoms with Gasteiger partial charge in [0.1, 0.15) is 5.75 Å². The molecule has 3 N–H and O–H groups in total. The summed E-state index contributed by atoms with van der Waals surface area (Å²) in [6.45, 7) is 3.63. The summed E-state index contributed by atoms with van der Waals surface area (Å²) in [6, 6.07) is 6.91. The van der Waals surface area contributed by atoms with Gasteiger partial charge in [0, 0.05) is 17.8 Å². The molecular weight excluding hydrogens is 362 g/mol. The first kappa shape index (κ1) is 19.0. The third-order valence-electron chi connectivity index (χ3n) is 2.73. The molecule has 8 nitrogen and oxygen atoms in total. The van der Waals surface area contributed by atoms with E-state index >= 15 is 0 Å². The van der Waals surface area contributed by atoms with Gasteiger partial charge in [0.2, 0.25) is 11.0 Å². The summed E-state index contributed by atoms with van der Waals surface area (Å²) in [7, 11) is 1.60. The molecule has 0 bridgehead atoms. The number of carbonyl (C=O) groups excluding carboxylic acids is 2. The fraction of sp³-hybridized carbons (Fsp3) is 0.333. The van der Waals surface area contributed by atoms with Crippen molar-refractivity contribution in [1.29, 1.82) is 0 Å². The summed E-state index contributed by atoms with van der Waals surface area (Å²) in [5.41, 5.74) is 0.829. The van der Waals surface area contributed by atoms with Crippen LogP contribution >= 0.6 is 23.1 Å². The number of amides is 3. The molecule has 0 saturated heterocycles. The van der Waals surface area contributed by atoms with Crippen LogP contribution in [-0.2, 0) is 4.79 Å². The van der Waals surface area contributed by atoms with Gasteiger partial charge < -0.3 is 15.4 Å². The van der Waals surface area contributed by atoms with Gasteiger partial charge in [-0.1, -0.05) is 29.2 Å². The number of nitrogens with zero attached hydrogens (tertiary/aromatic N) is 2. The molecule has 0 aliphatic carbocycles. The van der Waals surface area contributed by atoms with Crippen molar-refractivity contribution in [2.45, 2.75) is 24.2 Å². The molecule has 1 aromatic heterocycles. The van der Waals surface area contributed by atoms with Crippen LogP contribution in [0.15, 0.2) is 28.6 Å². The number of ether oxygens (including phenoxy) is 1. The number of benzene rings is 1. The number of hydrogen-bond donors (Lipinski definition) is 3. The van der Waals surface area contributed by atoms with Crippen molar-refractivity contribution in [3.8, 4) is 5.75 Å². The van der Waals surface area contributed by atoms with Gasteiger partial charge in [0.15, 0.2) is 4.34 Å². The number of rotatable bonds is 7. The van der Waals surface area contributed by atoms with Gasteiger partial charge in [-0.05, 0) is 26.0 Å². The van der Waals surface area contributed by atoms with Crippen molar-refractivity contribution in [3.63, 3.8) is 0 Å². The fourth-order valence-corrected chi connectivity index (χ4v) is 3.30. The topological polar surface area (TPSA) is 105 Å². The molecule has 0 radical (unpaired) electrons. The lowest BCUT2D eigenvalue weighted by Gasteiger charge is -2.08. The highest BCUT2D eigenvalue weighted by atomic mass is 32.2. The van der Waals surface area contributed by atoms with E-state index in [4.69, 9.17) is 4.74 Å². The molecule has 0 aliphatic heterocycles. The lowest BCUT2D eigenvalue weighted by atomic mass is 10.3. The molecule has 2 aromatic rings. The number of nitrogens with one attached hydrogen (secondary N) is 3. The van der Waals surface area contributed by atoms with Crippen LogP contribution in [0.4, 0.5) is 15.6 Å². The second kappa shape index (κ2) is 9.23. The third-order valence-corrected chi connectivity index (χ3v) is 4.70. The Balaban J connectivity index is 1.82. The zero-order valence-corrected chi connectivity index (χ0v) is 15.7. The Morgan fingerprint density at radius 1 is 1.32 bits per heavy atom. The highest BCUT2D eigenvalue weighted by molar-refractivity contribution is 8.01. The maximum absolute atomic E-state index is 11.7. The van der Waals surface area contributed by atoms with Gasteiger partial charge in [-0.3, -0.25) is 10.1 Å². The number of anilines is 2. The summed E-state index contributed by atoms with van der Waals surface area (Å²) >= 11 is 2.54. The van der Waals surface area contributed by atoms with Crippen molar-refractivity contribution >= 4 is 45.9 Å². The van der Waals surface area contributed by atoms with Crippen molar-refractivity contribution in [2.75, 3.05) is 18.2 Å². The van der Waals surface area contributed by atoms with Crippen molar-refractivity contribution in [1.82, 2.24) is 20.8 Å². The first-order chi connectivity index (χ1) is 12.0. The van der Waals surface area contributed by atoms with E-state index in [1.807, 2.05) is 38.1 Å². The number of imide groups is 1. The predicted octanol–water partition coefficient (Wildman–Crippen LogP) is 2.62. The molecule has 0 atom stereocenters. The first-order valence-electron chi connectivity index (χ1n) is 7.44. The number of methoxy groups -OCH3 is 1. The number of urea groups is 1. The normalized spacial score (nSPS) is 10.4. The highest BCUT2D eigenvalue weighted by Crippen LogP contribution is 2.28. The fourth-order valence-electron chi connectivity index (χ4n) is 1.73. The Morgan fingerprint density at radius 2 is 2.12 bits per heavy atom. The number of thioether (sulfide) groups is 1. The molecular formula is C15H19N5O3S2. The zero-order chi connectivity index (χ0) is 18.2. The molecule has 2 rings (SSSR count). The van der Waals surface area contributed by atoms with Crippen LogP contribution in [0.25, 0.3) is 0 Å². The summed E-state index contributed by atoms with van der Waals surface area (Å²) in [6.07, 6.45) is 0. The van der Waals surface area contributed by atoms with Gasteiger partial charge in [-0.2, -0.15) is 0 Å². The Morgan fingerprint density at radius 3 is 2.84 bits per heavy atom. The van der Waals surface area contributed by atoms with Gasteiger partial charge in [-0.15, -0.1) is 10.2 Å². The zero-order valence-electron chi connectivity index (χ0n) is 14.0. The Labute approximate surface area is 153 Å². The molecule has 3 amide bonds. The van der Waals surface area contributed by atoms with Crippen LogP contribution in [-0.4, -0.2) is 41.0 Å². The second-order valence-electron chi connectivity index (χ2n) is 5.20. The molecule has 0 fully saturated rings. The Hall–Kier alpha value is -2.33. The predicted molar refractivity (Wildman–Crippen MR) is 98.7 cm³/mol. The average Bonchev–Trinajstić information content (AvgIpc) is 2.99. The third kappa shape index (κ3) is 6.59. The molecule has 25 heavy (non-hydrogen) atoms. The molecule has 1 heterocycles. The molecule has 10 heteroatoms. The molecule has 1 aromatic carbocycles. The molecule has 0 unspecified atom stereocenters. The molecule has 134 valence electrons. The monoisotopic (exact) mass is 381 g/mol. The minimum atomic E-state index is -0.502. The van der Waals surface area contributed by atoms with E-state index in [9.17, 15) is 9.59 Å². The summed E-state index contributed by atoms with van der Waals surface area (Å²) in [5.74, 6) is 0.431. The smallest absolute Gasteiger partial charge is 0.321 e. The van der Waals surface area contributed by atoms with Crippen LogP contribution in [0.5, 0.6) is 5.75 Å². The van der Waals surface area contributed by atoms with Crippen molar-refractivity contribution in [2.24, 2.45) is 0 Å². The van der Waals surface area contributed by atoms with Crippen LogP contribution in [0.2, 0.25) is 0 Å². The maximum Gasteiger partial charge on any atom is 0.321 e. The van der Waals surface area contributed by atoms with Crippen LogP contribution in [0, 0.1) is 0 Å². The largest absolute Gasteiger partial charge is 0.497 e. The SMILES string of the molecule is COc1cccc(Nc2nnc(SCC(=O)NC(=O)NC(C)C)s2)c1. The Bertz CT molecular complexity index is 735. The number of hydrogen-bond acceptors (Lipinski definition) is 8. The number of carbonyl (C=O) groups is 2. The van der Waals surface area contributed by atoms with Crippen LogP contribution in [0.3, 0.4) is 0 Å². The molecule has 0 saturated carbocycles. The maximum atomic E-state index is 11.7. The summed E-state index contributed by atoms with van der Waals surface area (Å²) in [4.78, 5) is 23.1. The van der Waals surface area contributed by atoms with Crippen molar-refractivity contribution < 1.29 is 14.3 Å². The lowest BCUT2D eigenvalue weighted by Crippen LogP contribution is -2.43. The number of aromatic nitrogens is 2. The van der Waals surface area contributed by atoms with Gasteiger partial charge >= 0.3 is 6.03 Å². The van der Waals surface area contributed by atoms with Crippen molar-refractivity contribution in [3.05, 3.63) is 24.3 Å². The highest BCUT2D eigenvalue weighted by Gasteiger charge is 2.11. The van der Waals surface area contributed by atoms with Gasteiger partial charge in [-0.25, -0.2) is 4.79 Å². The standard InChI is InChI=1S/C15H19N5O3S2/c1-9(2)16-13(22)18-12(21)8-24-15-20-19-14(25-15)17-10-5-4-6-11(7-10)23-3/h4-7,9H,8H2,1-3H3,(H,17,19)(H2,16,18,21,22). The minimum absolute atomic E-state index is 0.0335.